The van der Waals surface area contributed by atoms with Crippen molar-refractivity contribution in [1.29, 1.82) is 0 Å². The Hall–Kier alpha value is -3.10. The van der Waals surface area contributed by atoms with E-state index in [1.807, 2.05) is 30.3 Å². The predicted octanol–water partition coefficient (Wildman–Crippen LogP) is 4.58. The van der Waals surface area contributed by atoms with E-state index in [1.165, 1.54) is 18.2 Å². The normalized spacial score (nSPS) is 12.4. The van der Waals surface area contributed by atoms with Gasteiger partial charge in [-0.25, -0.2) is 21.9 Å². The Bertz CT molecular complexity index is 1150. The molecule has 162 valence electrons. The smallest absolute Gasteiger partial charge is 0.241 e. The maximum atomic E-state index is 13.2. The van der Waals surface area contributed by atoms with Crippen molar-refractivity contribution in [1.82, 2.24) is 4.72 Å². The molecular weight excluding hydrogens is 422 g/mol. The number of carbonyl (C=O) groups excluding carboxylic acids is 1. The first kappa shape index (κ1) is 22.6. The molecular formula is C23H22F2N2O3S. The van der Waals surface area contributed by atoms with Gasteiger partial charge >= 0.3 is 0 Å². The molecule has 2 N–H and O–H groups in total. The van der Waals surface area contributed by atoms with E-state index in [4.69, 9.17) is 0 Å². The van der Waals surface area contributed by atoms with Gasteiger partial charge in [0.05, 0.1) is 4.90 Å². The van der Waals surface area contributed by atoms with Crippen LogP contribution in [0.25, 0.3) is 0 Å². The molecule has 8 heteroatoms. The quantitative estimate of drug-likeness (QED) is 0.534. The first-order valence-corrected chi connectivity index (χ1v) is 11.1. The summed E-state index contributed by atoms with van der Waals surface area (Å²) in [6.07, 6.45) is 0.470. The van der Waals surface area contributed by atoms with E-state index in [9.17, 15) is 22.0 Å². The minimum Gasteiger partial charge on any atom is -0.326 e. The first-order chi connectivity index (χ1) is 14.7. The van der Waals surface area contributed by atoms with Crippen LogP contribution in [0.3, 0.4) is 0 Å². The van der Waals surface area contributed by atoms with Crippen molar-refractivity contribution >= 4 is 21.6 Å². The van der Waals surface area contributed by atoms with Gasteiger partial charge in [-0.1, -0.05) is 42.5 Å². The lowest BCUT2D eigenvalue weighted by Crippen LogP contribution is -2.26. The molecule has 0 fully saturated rings. The number of sulfonamides is 1. The third-order valence-electron chi connectivity index (χ3n) is 4.71. The highest BCUT2D eigenvalue weighted by molar-refractivity contribution is 7.89. The molecule has 0 bridgehead atoms. The van der Waals surface area contributed by atoms with Crippen LogP contribution in [-0.4, -0.2) is 14.3 Å². The average molecular weight is 445 g/mol. The lowest BCUT2D eigenvalue weighted by atomic mass is 10.1. The summed E-state index contributed by atoms with van der Waals surface area (Å²) in [4.78, 5) is 12.2. The minimum atomic E-state index is -3.70. The Kier molecular flexibility index (Phi) is 7.14. The zero-order chi connectivity index (χ0) is 22.4. The lowest BCUT2D eigenvalue weighted by Gasteiger charge is -2.15. The van der Waals surface area contributed by atoms with E-state index in [1.54, 1.807) is 19.1 Å². The maximum absolute atomic E-state index is 13.2. The third kappa shape index (κ3) is 6.19. The molecule has 0 saturated carbocycles. The molecule has 0 aliphatic heterocycles. The number of amides is 1. The number of anilines is 1. The Morgan fingerprint density at radius 3 is 2.26 bits per heavy atom. The van der Waals surface area contributed by atoms with Crippen LogP contribution in [0.15, 0.2) is 77.7 Å². The zero-order valence-corrected chi connectivity index (χ0v) is 17.6. The van der Waals surface area contributed by atoms with Crippen LogP contribution in [0.1, 0.15) is 30.5 Å². The Balaban J connectivity index is 1.56. The molecule has 0 spiro atoms. The molecule has 1 atom stereocenters. The summed E-state index contributed by atoms with van der Waals surface area (Å²) in [5.41, 5.74) is 1.80. The summed E-state index contributed by atoms with van der Waals surface area (Å²) in [5, 5.41) is 2.50. The standard InChI is InChI=1S/C23H22F2N2O3S/c1-16(18-5-3-2-4-6-18)27-31(29,30)20-11-7-17(8-12-20)9-14-23(28)26-19-10-13-21(24)22(25)15-19/h2-8,10-13,15-16,27H,9,14H2,1H3,(H,26,28). The van der Waals surface area contributed by atoms with Crippen LogP contribution in [0.2, 0.25) is 0 Å². The summed E-state index contributed by atoms with van der Waals surface area (Å²) in [7, 11) is -3.70. The third-order valence-corrected chi connectivity index (χ3v) is 6.27. The number of aryl methyl sites for hydroxylation is 1. The topological polar surface area (TPSA) is 75.3 Å². The van der Waals surface area contributed by atoms with Crippen molar-refractivity contribution in [3.05, 3.63) is 95.6 Å². The number of nitrogens with one attached hydrogen (secondary N) is 2. The summed E-state index contributed by atoms with van der Waals surface area (Å²) in [5.74, 6) is -2.38. The van der Waals surface area contributed by atoms with Gasteiger partial charge in [-0.05, 0) is 48.7 Å². The van der Waals surface area contributed by atoms with Crippen molar-refractivity contribution < 1.29 is 22.0 Å². The molecule has 0 aromatic heterocycles. The summed E-state index contributed by atoms with van der Waals surface area (Å²) < 4.78 is 54.0. The largest absolute Gasteiger partial charge is 0.326 e. The molecule has 0 heterocycles. The second-order valence-electron chi connectivity index (χ2n) is 7.07. The minimum absolute atomic E-state index is 0.106. The van der Waals surface area contributed by atoms with Gasteiger partial charge in [0.25, 0.3) is 0 Å². The van der Waals surface area contributed by atoms with Crippen molar-refractivity contribution in [3.63, 3.8) is 0 Å². The summed E-state index contributed by atoms with van der Waals surface area (Å²) in [6, 6.07) is 18.3. The van der Waals surface area contributed by atoms with Crippen LogP contribution in [0.4, 0.5) is 14.5 Å². The SMILES string of the molecule is CC(NS(=O)(=O)c1ccc(CCC(=O)Nc2ccc(F)c(F)c2)cc1)c1ccccc1. The zero-order valence-electron chi connectivity index (χ0n) is 16.8. The number of hydrogen-bond donors (Lipinski definition) is 2. The van der Waals surface area contributed by atoms with Gasteiger partial charge in [0.1, 0.15) is 0 Å². The number of benzene rings is 3. The van der Waals surface area contributed by atoms with Crippen molar-refractivity contribution in [3.8, 4) is 0 Å². The first-order valence-electron chi connectivity index (χ1n) is 9.66. The van der Waals surface area contributed by atoms with Crippen molar-refractivity contribution in [2.45, 2.75) is 30.7 Å². The van der Waals surface area contributed by atoms with Gasteiger partial charge in [-0.15, -0.1) is 0 Å². The Morgan fingerprint density at radius 1 is 0.935 bits per heavy atom. The molecule has 1 unspecified atom stereocenters. The van der Waals surface area contributed by atoms with E-state index in [0.717, 1.165) is 23.3 Å². The van der Waals surface area contributed by atoms with Crippen molar-refractivity contribution in [2.24, 2.45) is 0 Å². The maximum Gasteiger partial charge on any atom is 0.241 e. The fraction of sp³-hybridized carbons (Fsp3) is 0.174. The van der Waals surface area contributed by atoms with Gasteiger partial charge < -0.3 is 5.32 Å². The molecule has 3 aromatic carbocycles. The van der Waals surface area contributed by atoms with Crippen LogP contribution >= 0.6 is 0 Å². The van der Waals surface area contributed by atoms with Gasteiger partial charge in [0.2, 0.25) is 15.9 Å². The van der Waals surface area contributed by atoms with E-state index in [0.29, 0.717) is 6.42 Å². The fourth-order valence-electron chi connectivity index (χ4n) is 3.00. The monoisotopic (exact) mass is 444 g/mol. The van der Waals surface area contributed by atoms with E-state index < -0.39 is 21.7 Å². The van der Waals surface area contributed by atoms with Gasteiger partial charge in [-0.3, -0.25) is 4.79 Å². The molecule has 3 aromatic rings. The lowest BCUT2D eigenvalue weighted by molar-refractivity contribution is -0.116. The molecule has 5 nitrogen and oxygen atoms in total. The molecule has 0 aliphatic carbocycles. The number of halogens is 2. The summed E-state index contributed by atoms with van der Waals surface area (Å²) >= 11 is 0. The van der Waals surface area contributed by atoms with Crippen LogP contribution < -0.4 is 10.0 Å². The van der Waals surface area contributed by atoms with Crippen LogP contribution in [0, 0.1) is 11.6 Å². The van der Waals surface area contributed by atoms with Gasteiger partial charge in [0.15, 0.2) is 11.6 Å². The fourth-order valence-corrected chi connectivity index (χ4v) is 4.23. The highest BCUT2D eigenvalue weighted by Gasteiger charge is 2.18. The van der Waals surface area contributed by atoms with Gasteiger partial charge in [-0.2, -0.15) is 0 Å². The van der Waals surface area contributed by atoms with Gasteiger partial charge in [0, 0.05) is 24.2 Å². The number of carbonyl (C=O) groups is 1. The molecule has 0 radical (unpaired) electrons. The highest BCUT2D eigenvalue weighted by Crippen LogP contribution is 2.18. The molecule has 3 rings (SSSR count). The summed E-state index contributed by atoms with van der Waals surface area (Å²) in [6.45, 7) is 1.77. The molecule has 0 aliphatic rings. The Morgan fingerprint density at radius 2 is 1.61 bits per heavy atom. The van der Waals surface area contributed by atoms with Crippen LogP contribution in [-0.2, 0) is 21.2 Å². The van der Waals surface area contributed by atoms with E-state index >= 15 is 0 Å². The molecule has 31 heavy (non-hydrogen) atoms. The average Bonchev–Trinajstić information content (AvgIpc) is 2.75. The van der Waals surface area contributed by atoms with Crippen molar-refractivity contribution in [2.75, 3.05) is 5.32 Å². The second kappa shape index (κ2) is 9.80. The number of hydrogen-bond acceptors (Lipinski definition) is 3. The van der Waals surface area contributed by atoms with Crippen LogP contribution in [0.5, 0.6) is 0 Å². The predicted molar refractivity (Wildman–Crippen MR) is 115 cm³/mol. The van der Waals surface area contributed by atoms with E-state index in [-0.39, 0.29) is 29.0 Å². The second-order valence-corrected chi connectivity index (χ2v) is 8.79. The highest BCUT2D eigenvalue weighted by atomic mass is 32.2. The molecule has 1 amide bonds. The molecule has 0 saturated heterocycles. The number of rotatable bonds is 8. The van der Waals surface area contributed by atoms with E-state index in [2.05, 4.69) is 10.0 Å². The Labute approximate surface area is 180 Å².